The summed E-state index contributed by atoms with van der Waals surface area (Å²) in [5.74, 6) is 0.420. The van der Waals surface area contributed by atoms with E-state index in [9.17, 15) is 20.2 Å². The van der Waals surface area contributed by atoms with E-state index in [0.29, 0.717) is 28.4 Å². The van der Waals surface area contributed by atoms with Crippen molar-refractivity contribution in [3.8, 4) is 34.8 Å². The van der Waals surface area contributed by atoms with Crippen LogP contribution in [0.3, 0.4) is 0 Å². The lowest BCUT2D eigenvalue weighted by Gasteiger charge is -2.28. The van der Waals surface area contributed by atoms with Gasteiger partial charge >= 0.3 is 5.97 Å². The number of carbonyl (C=O) groups is 1. The second-order valence-electron chi connectivity index (χ2n) is 7.75. The molecule has 0 aliphatic carbocycles. The Morgan fingerprint density at radius 3 is 2.38 bits per heavy atom. The number of benzene rings is 3. The molecule has 0 amide bonds. The lowest BCUT2D eigenvalue weighted by molar-refractivity contribution is -0.384. The number of methoxy groups -OCH3 is 2. The number of hydrogen-bond donors (Lipinski definition) is 1. The zero-order valence-corrected chi connectivity index (χ0v) is 19.8. The Balaban J connectivity index is 1.56. The molecule has 1 heterocycles. The molecule has 37 heavy (non-hydrogen) atoms. The number of nitro benzene ring substituents is 1. The number of allylic oxidation sites excluding steroid dienone is 1. The number of esters is 1. The molecule has 0 saturated carbocycles. The van der Waals surface area contributed by atoms with Crippen LogP contribution in [0.5, 0.6) is 28.7 Å². The topological polar surface area (TPSA) is 156 Å². The second kappa shape index (κ2) is 10.6. The van der Waals surface area contributed by atoms with Crippen LogP contribution in [0.25, 0.3) is 0 Å². The van der Waals surface area contributed by atoms with E-state index < -0.39 is 23.4 Å². The molecule has 1 atom stereocenters. The van der Waals surface area contributed by atoms with Gasteiger partial charge in [-0.3, -0.25) is 10.1 Å². The molecule has 0 radical (unpaired) electrons. The summed E-state index contributed by atoms with van der Waals surface area (Å²) in [7, 11) is 3.05. The summed E-state index contributed by atoms with van der Waals surface area (Å²) < 4.78 is 27.2. The van der Waals surface area contributed by atoms with Crippen molar-refractivity contribution < 1.29 is 33.4 Å². The van der Waals surface area contributed by atoms with Gasteiger partial charge in [-0.15, -0.1) is 0 Å². The predicted octanol–water partition coefficient (Wildman–Crippen LogP) is 3.81. The van der Waals surface area contributed by atoms with Gasteiger partial charge in [-0.05, 0) is 36.4 Å². The number of nitriles is 1. The van der Waals surface area contributed by atoms with Gasteiger partial charge in [-0.1, -0.05) is 6.07 Å². The molecule has 0 fully saturated rings. The normalized spacial score (nSPS) is 14.0. The van der Waals surface area contributed by atoms with Crippen LogP contribution in [0.4, 0.5) is 5.69 Å². The van der Waals surface area contributed by atoms with Crippen molar-refractivity contribution in [3.05, 3.63) is 93.4 Å². The first-order chi connectivity index (χ1) is 17.8. The maximum atomic E-state index is 12.3. The van der Waals surface area contributed by atoms with Crippen LogP contribution in [0.2, 0.25) is 0 Å². The summed E-state index contributed by atoms with van der Waals surface area (Å²) in [6.07, 6.45) is 0. The summed E-state index contributed by atoms with van der Waals surface area (Å²) in [6, 6.07) is 17.4. The molecule has 1 aliphatic heterocycles. The molecule has 11 heteroatoms. The Kier molecular flexibility index (Phi) is 7.11. The molecule has 4 rings (SSSR count). The quantitative estimate of drug-likeness (QED) is 0.207. The van der Waals surface area contributed by atoms with E-state index in [-0.39, 0.29) is 28.6 Å². The Bertz CT molecular complexity index is 1430. The molecule has 11 nitrogen and oxygen atoms in total. The zero-order valence-electron chi connectivity index (χ0n) is 19.8. The van der Waals surface area contributed by atoms with Crippen molar-refractivity contribution in [1.82, 2.24) is 0 Å². The fourth-order valence-electron chi connectivity index (χ4n) is 3.85. The van der Waals surface area contributed by atoms with E-state index in [1.807, 2.05) is 0 Å². The third kappa shape index (κ3) is 5.23. The van der Waals surface area contributed by atoms with E-state index in [4.69, 9.17) is 29.4 Å². The lowest BCUT2D eigenvalue weighted by Crippen LogP contribution is -2.22. The maximum absolute atomic E-state index is 12.3. The van der Waals surface area contributed by atoms with E-state index >= 15 is 0 Å². The number of fused-ring (bicyclic) bond motifs is 1. The van der Waals surface area contributed by atoms with Crippen LogP contribution in [0.15, 0.2) is 72.1 Å². The van der Waals surface area contributed by atoms with Gasteiger partial charge in [-0.2, -0.15) is 5.26 Å². The molecule has 0 saturated heterocycles. The van der Waals surface area contributed by atoms with Crippen LogP contribution >= 0.6 is 0 Å². The predicted molar refractivity (Wildman–Crippen MR) is 130 cm³/mol. The molecule has 0 bridgehead atoms. The Morgan fingerprint density at radius 2 is 1.73 bits per heavy atom. The number of carbonyl (C=O) groups excluding carboxylic acids is 1. The monoisotopic (exact) mass is 503 g/mol. The van der Waals surface area contributed by atoms with Crippen molar-refractivity contribution in [2.75, 3.05) is 20.8 Å². The fourth-order valence-corrected chi connectivity index (χ4v) is 3.85. The lowest BCUT2D eigenvalue weighted by atomic mass is 9.83. The number of nitrogens with zero attached hydrogens (tertiary/aromatic N) is 2. The van der Waals surface area contributed by atoms with Crippen molar-refractivity contribution >= 4 is 11.7 Å². The average Bonchev–Trinajstić information content (AvgIpc) is 2.90. The molecular weight excluding hydrogens is 482 g/mol. The van der Waals surface area contributed by atoms with Crippen LogP contribution < -0.4 is 29.4 Å². The van der Waals surface area contributed by atoms with Crippen molar-refractivity contribution in [2.24, 2.45) is 5.73 Å². The molecule has 188 valence electrons. The molecular formula is C26H21N3O8. The molecule has 1 aliphatic rings. The third-order valence-corrected chi connectivity index (χ3v) is 5.57. The SMILES string of the molecule is COc1ccc(OC)c(C2C(C#N)=C(N)Oc3cc(OC(=O)COc4ccc([N+](=O)[O-])cc4)ccc32)c1. The van der Waals surface area contributed by atoms with Gasteiger partial charge in [0.05, 0.1) is 25.1 Å². The first-order valence-corrected chi connectivity index (χ1v) is 10.9. The minimum absolute atomic E-state index is 0.0881. The maximum Gasteiger partial charge on any atom is 0.349 e. The smallest absolute Gasteiger partial charge is 0.349 e. The number of rotatable bonds is 8. The van der Waals surface area contributed by atoms with E-state index in [1.165, 1.54) is 44.6 Å². The van der Waals surface area contributed by atoms with Gasteiger partial charge in [0.1, 0.15) is 40.4 Å². The van der Waals surface area contributed by atoms with Crippen LogP contribution in [0.1, 0.15) is 17.0 Å². The Hall–Kier alpha value is -5.24. The standard InChI is InChI=1S/C26H21N3O8/c1-33-17-8-10-22(34-2)20(11-17)25-19-9-7-18(12-23(19)37-26(28)21(25)13-27)36-24(30)14-35-16-5-3-15(4-6-16)29(31)32/h3-12,25H,14,28H2,1-2H3. The number of nitro groups is 1. The summed E-state index contributed by atoms with van der Waals surface area (Å²) in [5.41, 5.74) is 7.43. The molecule has 3 aromatic carbocycles. The van der Waals surface area contributed by atoms with E-state index in [2.05, 4.69) is 6.07 Å². The first-order valence-electron chi connectivity index (χ1n) is 10.9. The minimum Gasteiger partial charge on any atom is -0.497 e. The zero-order chi connectivity index (χ0) is 26.5. The molecule has 0 spiro atoms. The Morgan fingerprint density at radius 1 is 1.03 bits per heavy atom. The van der Waals surface area contributed by atoms with Gasteiger partial charge in [0.15, 0.2) is 6.61 Å². The van der Waals surface area contributed by atoms with Crippen molar-refractivity contribution in [3.63, 3.8) is 0 Å². The van der Waals surface area contributed by atoms with E-state index in [0.717, 1.165) is 0 Å². The van der Waals surface area contributed by atoms with Gasteiger partial charge < -0.3 is 29.4 Å². The molecule has 3 aromatic rings. The Labute approximate surface area is 211 Å². The van der Waals surface area contributed by atoms with Crippen LogP contribution in [-0.2, 0) is 4.79 Å². The molecule has 1 unspecified atom stereocenters. The number of hydrogen-bond acceptors (Lipinski definition) is 10. The van der Waals surface area contributed by atoms with Gasteiger partial charge in [0.2, 0.25) is 5.88 Å². The van der Waals surface area contributed by atoms with Gasteiger partial charge in [-0.25, -0.2) is 4.79 Å². The third-order valence-electron chi connectivity index (χ3n) is 5.57. The number of ether oxygens (including phenoxy) is 5. The van der Waals surface area contributed by atoms with Crippen LogP contribution in [0, 0.1) is 21.4 Å². The van der Waals surface area contributed by atoms with Crippen molar-refractivity contribution in [2.45, 2.75) is 5.92 Å². The van der Waals surface area contributed by atoms with Gasteiger partial charge in [0.25, 0.3) is 5.69 Å². The highest BCUT2D eigenvalue weighted by molar-refractivity contribution is 5.74. The van der Waals surface area contributed by atoms with Gasteiger partial charge in [0, 0.05) is 29.3 Å². The summed E-state index contributed by atoms with van der Waals surface area (Å²) in [4.78, 5) is 22.5. The summed E-state index contributed by atoms with van der Waals surface area (Å²) in [5, 5.41) is 20.6. The van der Waals surface area contributed by atoms with Crippen LogP contribution in [-0.4, -0.2) is 31.7 Å². The second-order valence-corrected chi connectivity index (χ2v) is 7.75. The van der Waals surface area contributed by atoms with Crippen molar-refractivity contribution in [1.29, 1.82) is 5.26 Å². The number of non-ortho nitro benzene ring substituents is 1. The highest BCUT2D eigenvalue weighted by atomic mass is 16.6. The fraction of sp³-hybridized carbons (Fsp3) is 0.154. The first kappa shape index (κ1) is 24.9. The minimum atomic E-state index is -0.707. The average molecular weight is 503 g/mol. The largest absolute Gasteiger partial charge is 0.497 e. The molecule has 0 aromatic heterocycles. The highest BCUT2D eigenvalue weighted by Crippen LogP contribution is 2.46. The summed E-state index contributed by atoms with van der Waals surface area (Å²) >= 11 is 0. The summed E-state index contributed by atoms with van der Waals surface area (Å²) in [6.45, 7) is -0.431. The molecule has 2 N–H and O–H groups in total. The highest BCUT2D eigenvalue weighted by Gasteiger charge is 2.33. The number of nitrogens with two attached hydrogens (primary N) is 1. The van der Waals surface area contributed by atoms with E-state index in [1.54, 1.807) is 30.3 Å².